The van der Waals surface area contributed by atoms with Crippen LogP contribution in [0.4, 0.5) is 14.5 Å². The first-order valence-corrected chi connectivity index (χ1v) is 5.46. The van der Waals surface area contributed by atoms with Crippen molar-refractivity contribution in [1.29, 1.82) is 0 Å². The summed E-state index contributed by atoms with van der Waals surface area (Å²) in [4.78, 5) is 11.5. The van der Waals surface area contributed by atoms with Crippen LogP contribution in [-0.2, 0) is 9.53 Å². The van der Waals surface area contributed by atoms with E-state index in [2.05, 4.69) is 5.32 Å². The van der Waals surface area contributed by atoms with Crippen molar-refractivity contribution in [3.05, 3.63) is 29.8 Å². The summed E-state index contributed by atoms with van der Waals surface area (Å²) in [6, 6.07) is 2.43. The van der Waals surface area contributed by atoms with E-state index < -0.39 is 23.6 Å². The second-order valence-electron chi connectivity index (χ2n) is 3.52. The average molecular weight is 243 g/mol. The molecule has 0 bridgehead atoms. The van der Waals surface area contributed by atoms with Crippen LogP contribution in [-0.4, -0.2) is 18.6 Å². The number of halogens is 2. The van der Waals surface area contributed by atoms with Gasteiger partial charge in [0.05, 0.1) is 6.61 Å². The average Bonchev–Trinajstić information content (AvgIpc) is 2.24. The first kappa shape index (κ1) is 13.4. The zero-order valence-electron chi connectivity index (χ0n) is 9.80. The minimum absolute atomic E-state index is 0.224. The Morgan fingerprint density at radius 1 is 1.29 bits per heavy atom. The summed E-state index contributed by atoms with van der Waals surface area (Å²) in [6.45, 7) is 3.76. The van der Waals surface area contributed by atoms with E-state index in [0.29, 0.717) is 6.42 Å². The highest BCUT2D eigenvalue weighted by Gasteiger charge is 2.17. The number of hydrogen-bond acceptors (Lipinski definition) is 3. The topological polar surface area (TPSA) is 38.3 Å². The van der Waals surface area contributed by atoms with Gasteiger partial charge in [-0.2, -0.15) is 0 Å². The van der Waals surface area contributed by atoms with Gasteiger partial charge in [0, 0.05) is 11.8 Å². The number of rotatable bonds is 5. The Bertz CT molecular complexity index is 376. The maximum Gasteiger partial charge on any atom is 0.328 e. The number of hydrogen-bond donors (Lipinski definition) is 1. The summed E-state index contributed by atoms with van der Waals surface area (Å²) in [5, 5.41) is 2.74. The highest BCUT2D eigenvalue weighted by molar-refractivity contribution is 5.79. The molecule has 5 heteroatoms. The highest BCUT2D eigenvalue weighted by atomic mass is 19.1. The molecule has 3 nitrogen and oxygen atoms in total. The van der Waals surface area contributed by atoms with E-state index in [0.717, 1.165) is 18.2 Å². The van der Waals surface area contributed by atoms with Crippen molar-refractivity contribution in [2.75, 3.05) is 11.9 Å². The molecule has 0 spiro atoms. The number of benzene rings is 1. The number of esters is 1. The molecule has 0 aliphatic heterocycles. The normalized spacial score (nSPS) is 12.0. The minimum atomic E-state index is -0.689. The number of ether oxygens (including phenoxy) is 1. The predicted molar refractivity (Wildman–Crippen MR) is 60.7 cm³/mol. The fourth-order valence-electron chi connectivity index (χ4n) is 1.41. The van der Waals surface area contributed by atoms with E-state index in [1.54, 1.807) is 13.8 Å². The van der Waals surface area contributed by atoms with Crippen molar-refractivity contribution in [2.24, 2.45) is 0 Å². The predicted octanol–water partition coefficient (Wildman–Crippen LogP) is 2.72. The highest BCUT2D eigenvalue weighted by Crippen LogP contribution is 2.15. The Labute approximate surface area is 98.8 Å². The van der Waals surface area contributed by atoms with Crippen LogP contribution in [0.1, 0.15) is 20.3 Å². The molecule has 1 rings (SSSR count). The molecule has 0 saturated heterocycles. The molecule has 1 aromatic rings. The van der Waals surface area contributed by atoms with Crippen molar-refractivity contribution in [3.63, 3.8) is 0 Å². The van der Waals surface area contributed by atoms with Crippen LogP contribution >= 0.6 is 0 Å². The number of carbonyl (C=O) groups is 1. The van der Waals surface area contributed by atoms with Gasteiger partial charge in [0.25, 0.3) is 0 Å². The standard InChI is InChI=1S/C12H15F2NO2/c1-3-11(12(16)17-4-2)15-10-6-8(13)5-9(14)7-10/h5-7,11,15H,3-4H2,1-2H3. The molecular weight excluding hydrogens is 228 g/mol. The molecule has 0 aromatic heterocycles. The van der Waals surface area contributed by atoms with E-state index in [4.69, 9.17) is 4.74 Å². The van der Waals surface area contributed by atoms with E-state index in [9.17, 15) is 13.6 Å². The van der Waals surface area contributed by atoms with Gasteiger partial charge in [-0.15, -0.1) is 0 Å². The minimum Gasteiger partial charge on any atom is -0.464 e. The molecule has 94 valence electrons. The summed E-state index contributed by atoms with van der Waals surface area (Å²) in [5.41, 5.74) is 0.224. The molecule has 1 N–H and O–H groups in total. The number of anilines is 1. The molecule has 1 unspecified atom stereocenters. The second kappa shape index (κ2) is 6.18. The number of nitrogens with one attached hydrogen (secondary N) is 1. The summed E-state index contributed by atoms with van der Waals surface area (Å²) >= 11 is 0. The lowest BCUT2D eigenvalue weighted by atomic mass is 10.2. The van der Waals surface area contributed by atoms with Crippen molar-refractivity contribution in [1.82, 2.24) is 0 Å². The smallest absolute Gasteiger partial charge is 0.328 e. The molecule has 0 saturated carbocycles. The Morgan fingerprint density at radius 2 is 1.88 bits per heavy atom. The third-order valence-corrected chi connectivity index (χ3v) is 2.18. The third-order valence-electron chi connectivity index (χ3n) is 2.18. The van der Waals surface area contributed by atoms with Gasteiger partial charge in [0.2, 0.25) is 0 Å². The van der Waals surface area contributed by atoms with Gasteiger partial charge in [-0.25, -0.2) is 13.6 Å². The van der Waals surface area contributed by atoms with Crippen LogP contribution in [0.5, 0.6) is 0 Å². The molecule has 17 heavy (non-hydrogen) atoms. The monoisotopic (exact) mass is 243 g/mol. The zero-order chi connectivity index (χ0) is 12.8. The summed E-state index contributed by atoms with van der Waals surface area (Å²) in [6.07, 6.45) is 0.469. The van der Waals surface area contributed by atoms with Gasteiger partial charge < -0.3 is 10.1 Å². The van der Waals surface area contributed by atoms with Gasteiger partial charge in [0.1, 0.15) is 17.7 Å². The van der Waals surface area contributed by atoms with Gasteiger partial charge in [-0.1, -0.05) is 6.92 Å². The van der Waals surface area contributed by atoms with Gasteiger partial charge in [-0.3, -0.25) is 0 Å². The van der Waals surface area contributed by atoms with Crippen LogP contribution in [0.15, 0.2) is 18.2 Å². The fraction of sp³-hybridized carbons (Fsp3) is 0.417. The number of carbonyl (C=O) groups excluding carboxylic acids is 1. The SMILES string of the molecule is CCOC(=O)C(CC)Nc1cc(F)cc(F)c1. The summed E-state index contributed by atoms with van der Waals surface area (Å²) in [5.74, 6) is -1.81. The van der Waals surface area contributed by atoms with Crippen LogP contribution in [0.25, 0.3) is 0 Å². The van der Waals surface area contributed by atoms with E-state index in [1.807, 2.05) is 0 Å². The first-order chi connectivity index (χ1) is 8.06. The Kier molecular flexibility index (Phi) is 4.87. The zero-order valence-corrected chi connectivity index (χ0v) is 9.80. The molecule has 0 aliphatic carbocycles. The maximum absolute atomic E-state index is 12.9. The summed E-state index contributed by atoms with van der Waals surface area (Å²) < 4.78 is 30.7. The molecule has 1 aromatic carbocycles. The van der Waals surface area contributed by atoms with E-state index >= 15 is 0 Å². The van der Waals surface area contributed by atoms with Crippen molar-refractivity contribution >= 4 is 11.7 Å². The fourth-order valence-corrected chi connectivity index (χ4v) is 1.41. The summed E-state index contributed by atoms with van der Waals surface area (Å²) in [7, 11) is 0. The van der Waals surface area contributed by atoms with E-state index in [-0.39, 0.29) is 12.3 Å². The molecule has 1 atom stereocenters. The quantitative estimate of drug-likeness (QED) is 0.808. The van der Waals surface area contributed by atoms with Gasteiger partial charge in [0.15, 0.2) is 0 Å². The van der Waals surface area contributed by atoms with Crippen LogP contribution in [0, 0.1) is 11.6 Å². The van der Waals surface area contributed by atoms with Gasteiger partial charge in [-0.05, 0) is 25.5 Å². The lowest BCUT2D eigenvalue weighted by Crippen LogP contribution is -2.30. The molecular formula is C12H15F2NO2. The Balaban J connectivity index is 2.76. The van der Waals surface area contributed by atoms with Crippen LogP contribution in [0.3, 0.4) is 0 Å². The molecule has 0 aliphatic rings. The molecule has 0 radical (unpaired) electrons. The van der Waals surface area contributed by atoms with Crippen LogP contribution in [0.2, 0.25) is 0 Å². The molecule has 0 fully saturated rings. The third kappa shape index (κ3) is 4.01. The molecule has 0 heterocycles. The Hall–Kier alpha value is -1.65. The maximum atomic E-state index is 12.9. The van der Waals surface area contributed by atoms with Crippen molar-refractivity contribution in [3.8, 4) is 0 Å². The Morgan fingerprint density at radius 3 is 2.35 bits per heavy atom. The lowest BCUT2D eigenvalue weighted by Gasteiger charge is -2.16. The first-order valence-electron chi connectivity index (χ1n) is 5.46. The van der Waals surface area contributed by atoms with Gasteiger partial charge >= 0.3 is 5.97 Å². The van der Waals surface area contributed by atoms with Crippen molar-refractivity contribution < 1.29 is 18.3 Å². The van der Waals surface area contributed by atoms with Crippen LogP contribution < -0.4 is 5.32 Å². The second-order valence-corrected chi connectivity index (χ2v) is 3.52. The lowest BCUT2D eigenvalue weighted by molar-refractivity contribution is -0.144. The molecule has 0 amide bonds. The van der Waals surface area contributed by atoms with Crippen molar-refractivity contribution in [2.45, 2.75) is 26.3 Å². The van der Waals surface area contributed by atoms with E-state index in [1.165, 1.54) is 0 Å². The largest absolute Gasteiger partial charge is 0.464 e.